The third-order valence-electron chi connectivity index (χ3n) is 5.73. The number of carboxylic acid groups (broad SMARTS) is 1. The van der Waals surface area contributed by atoms with Crippen LogP contribution in [0.3, 0.4) is 0 Å². The van der Waals surface area contributed by atoms with Crippen LogP contribution >= 0.6 is 11.6 Å². The van der Waals surface area contributed by atoms with Crippen LogP contribution in [0.15, 0.2) is 58.2 Å². The van der Waals surface area contributed by atoms with Gasteiger partial charge in [0.25, 0.3) is 0 Å². The summed E-state index contributed by atoms with van der Waals surface area (Å²) in [6.07, 6.45) is 0. The lowest BCUT2D eigenvalue weighted by Crippen LogP contribution is -2.30. The van der Waals surface area contributed by atoms with Crippen molar-refractivity contribution in [3.63, 3.8) is 0 Å². The average molecular weight is 504 g/mol. The molecule has 0 fully saturated rings. The minimum Gasteiger partial charge on any atom is -0.477 e. The van der Waals surface area contributed by atoms with E-state index in [9.17, 15) is 27.5 Å². The van der Waals surface area contributed by atoms with Crippen molar-refractivity contribution in [1.82, 2.24) is 14.5 Å². The van der Waals surface area contributed by atoms with Gasteiger partial charge in [0, 0.05) is 5.56 Å². The molecule has 0 spiro atoms. The average Bonchev–Trinajstić information content (AvgIpc) is 3.10. The van der Waals surface area contributed by atoms with Crippen molar-refractivity contribution in [2.75, 3.05) is 0 Å². The molecule has 0 aliphatic rings. The molecule has 2 aromatic heterocycles. The molecule has 0 saturated carbocycles. The Hall–Kier alpha value is -3.50. The highest BCUT2D eigenvalue weighted by atomic mass is 35.5. The van der Waals surface area contributed by atoms with Crippen LogP contribution in [-0.4, -0.2) is 34.0 Å². The number of carboxylic acids is 1. The van der Waals surface area contributed by atoms with E-state index in [1.54, 1.807) is 13.0 Å². The Morgan fingerprint density at radius 3 is 2.50 bits per heavy atom. The Kier molecular flexibility index (Phi) is 5.61. The minimum absolute atomic E-state index is 0.0147. The first kappa shape index (κ1) is 23.7. The number of carbonyl (C=O) groups is 1. The molecule has 0 radical (unpaired) electrons. The van der Waals surface area contributed by atoms with Gasteiger partial charge in [0.1, 0.15) is 5.82 Å². The number of fused-ring (bicyclic) bond motifs is 1. The van der Waals surface area contributed by atoms with E-state index >= 15 is 0 Å². The number of H-pyrrole nitrogens is 1. The molecule has 0 atom stereocenters. The van der Waals surface area contributed by atoms with Gasteiger partial charge in [-0.25, -0.2) is 31.9 Å². The predicted molar refractivity (Wildman–Crippen MR) is 125 cm³/mol. The monoisotopic (exact) mass is 503 g/mol. The number of hydrogen-bond acceptors (Lipinski definition) is 5. The van der Waals surface area contributed by atoms with Crippen molar-refractivity contribution in [3.05, 3.63) is 86.7 Å². The fourth-order valence-electron chi connectivity index (χ4n) is 3.78. The van der Waals surface area contributed by atoms with Crippen LogP contribution in [-0.2, 0) is 14.6 Å². The highest BCUT2D eigenvalue weighted by Crippen LogP contribution is 2.38. The Morgan fingerprint density at radius 2 is 1.85 bits per heavy atom. The maximum atomic E-state index is 14.5. The van der Waals surface area contributed by atoms with E-state index < -0.39 is 32.1 Å². The number of pyridine rings is 1. The van der Waals surface area contributed by atoms with Gasteiger partial charge in [0.05, 0.1) is 25.9 Å². The van der Waals surface area contributed by atoms with E-state index in [4.69, 9.17) is 11.6 Å². The van der Waals surface area contributed by atoms with Gasteiger partial charge in [-0.2, -0.15) is 0 Å². The van der Waals surface area contributed by atoms with Crippen LogP contribution < -0.4 is 5.69 Å². The summed E-state index contributed by atoms with van der Waals surface area (Å²) in [6, 6.07) is 10.7. The molecule has 2 N–H and O–H groups in total. The summed E-state index contributed by atoms with van der Waals surface area (Å²) in [5.41, 5.74) is -0.287. The molecule has 34 heavy (non-hydrogen) atoms. The van der Waals surface area contributed by atoms with Gasteiger partial charge in [-0.3, -0.25) is 0 Å². The predicted octanol–water partition coefficient (Wildman–Crippen LogP) is 4.22. The van der Waals surface area contributed by atoms with Crippen LogP contribution in [0.1, 0.15) is 35.5 Å². The normalized spacial score (nSPS) is 12.3. The second kappa shape index (κ2) is 8.07. The van der Waals surface area contributed by atoms with Gasteiger partial charge in [0.15, 0.2) is 21.2 Å². The summed E-state index contributed by atoms with van der Waals surface area (Å²) in [5.74, 6) is -1.96. The minimum atomic E-state index is -4.18. The number of hydrogen-bond donors (Lipinski definition) is 2. The summed E-state index contributed by atoms with van der Waals surface area (Å²) >= 11 is 6.34. The van der Waals surface area contributed by atoms with Gasteiger partial charge >= 0.3 is 11.7 Å². The number of nitrogens with zero attached hydrogens (tertiary/aromatic N) is 2. The van der Waals surface area contributed by atoms with Gasteiger partial charge in [-0.05, 0) is 56.7 Å². The molecule has 0 aliphatic heterocycles. The van der Waals surface area contributed by atoms with Crippen molar-refractivity contribution in [1.29, 1.82) is 0 Å². The number of sulfone groups is 1. The molecule has 0 saturated heterocycles. The van der Waals surface area contributed by atoms with Crippen LogP contribution in [0.4, 0.5) is 4.39 Å². The third kappa shape index (κ3) is 3.59. The zero-order chi connectivity index (χ0) is 25.0. The quantitative estimate of drug-likeness (QED) is 0.420. The lowest BCUT2D eigenvalue weighted by molar-refractivity contribution is 0.0690. The number of nitrogens with one attached hydrogen (secondary N) is 1. The molecule has 2 aromatic carbocycles. The Morgan fingerprint density at radius 1 is 1.18 bits per heavy atom. The lowest BCUT2D eigenvalue weighted by Gasteiger charge is -2.26. The van der Waals surface area contributed by atoms with Crippen LogP contribution in [0.2, 0.25) is 5.02 Å². The van der Waals surface area contributed by atoms with Gasteiger partial charge in [-0.15, -0.1) is 0 Å². The van der Waals surface area contributed by atoms with Crippen molar-refractivity contribution >= 4 is 38.6 Å². The zero-order valence-corrected chi connectivity index (χ0v) is 19.8. The van der Waals surface area contributed by atoms with Crippen LogP contribution in [0, 0.1) is 12.7 Å². The molecule has 0 unspecified atom stereocenters. The summed E-state index contributed by atoms with van der Waals surface area (Å²) in [6.45, 7) is 4.38. The first-order valence-electron chi connectivity index (χ1n) is 10.0. The van der Waals surface area contributed by atoms with Gasteiger partial charge in [-0.1, -0.05) is 29.8 Å². The first-order chi connectivity index (χ1) is 15.9. The third-order valence-corrected chi connectivity index (χ3v) is 8.48. The number of halogens is 2. The molecule has 8 nitrogen and oxygen atoms in total. The second-order valence-corrected chi connectivity index (χ2v) is 11.1. The largest absolute Gasteiger partial charge is 0.477 e. The Balaban J connectivity index is 1.97. The molecule has 0 amide bonds. The second-order valence-electron chi connectivity index (χ2n) is 8.20. The van der Waals surface area contributed by atoms with Crippen molar-refractivity contribution in [3.8, 4) is 5.69 Å². The molecule has 0 aliphatic carbocycles. The number of rotatable bonds is 5. The Bertz CT molecular complexity index is 1640. The van der Waals surface area contributed by atoms with E-state index in [2.05, 4.69) is 9.97 Å². The number of aryl methyl sites for hydroxylation is 1. The summed E-state index contributed by atoms with van der Waals surface area (Å²) < 4.78 is 41.0. The van der Waals surface area contributed by atoms with E-state index in [0.29, 0.717) is 5.56 Å². The fourth-order valence-corrected chi connectivity index (χ4v) is 5.54. The number of benzene rings is 2. The molecule has 2 heterocycles. The summed E-state index contributed by atoms with van der Waals surface area (Å²) in [4.78, 5) is 30.7. The molecule has 0 bridgehead atoms. The van der Waals surface area contributed by atoms with E-state index in [-0.39, 0.29) is 38.0 Å². The molecule has 4 aromatic rings. The van der Waals surface area contributed by atoms with E-state index in [1.165, 1.54) is 56.3 Å². The number of aromatic carboxylic acids is 1. The van der Waals surface area contributed by atoms with Crippen molar-refractivity contribution in [2.24, 2.45) is 0 Å². The van der Waals surface area contributed by atoms with Crippen molar-refractivity contribution < 1.29 is 22.7 Å². The molecule has 11 heteroatoms. The lowest BCUT2D eigenvalue weighted by atomic mass is 10.0. The fraction of sp³-hybridized carbons (Fsp3) is 0.174. The number of imidazole rings is 1. The summed E-state index contributed by atoms with van der Waals surface area (Å²) in [7, 11) is -4.18. The standard InChI is InChI=1S/C23H19ClFN3O5S/c1-12-10-17(21(29)30)26-20-19(12)27-22(31)28(20)18-11-13(8-9-15(18)24)34(32,33)23(2,3)14-6-4-5-7-16(14)25/h4-11H,1-3H3,(H,27,31)(H,29,30). The highest BCUT2D eigenvalue weighted by molar-refractivity contribution is 7.92. The number of aromatic nitrogens is 3. The topological polar surface area (TPSA) is 122 Å². The maximum Gasteiger partial charge on any atom is 0.354 e. The van der Waals surface area contributed by atoms with E-state index in [0.717, 1.165) is 4.57 Å². The maximum absolute atomic E-state index is 14.5. The number of aromatic amines is 1. The SMILES string of the molecule is Cc1cc(C(=O)O)nc2c1[nH]c(=O)n2-c1cc(S(=O)(=O)C(C)(C)c2ccccc2F)ccc1Cl. The molecule has 4 rings (SSSR count). The Labute approximate surface area is 198 Å². The zero-order valence-electron chi connectivity index (χ0n) is 18.3. The highest BCUT2D eigenvalue weighted by Gasteiger charge is 2.39. The molecular formula is C23H19ClFN3O5S. The van der Waals surface area contributed by atoms with E-state index in [1.807, 2.05) is 0 Å². The van der Waals surface area contributed by atoms with Crippen LogP contribution in [0.5, 0.6) is 0 Å². The molecular weight excluding hydrogens is 485 g/mol. The van der Waals surface area contributed by atoms with Crippen LogP contribution in [0.25, 0.3) is 16.9 Å². The van der Waals surface area contributed by atoms with Crippen molar-refractivity contribution in [2.45, 2.75) is 30.4 Å². The van der Waals surface area contributed by atoms with Gasteiger partial charge < -0.3 is 10.1 Å². The molecule has 176 valence electrons. The first-order valence-corrected chi connectivity index (χ1v) is 11.9. The summed E-state index contributed by atoms with van der Waals surface area (Å²) in [5, 5.41) is 9.40. The smallest absolute Gasteiger partial charge is 0.354 e. The van der Waals surface area contributed by atoms with Gasteiger partial charge in [0.2, 0.25) is 0 Å².